The van der Waals surface area contributed by atoms with Gasteiger partial charge in [-0.25, -0.2) is 9.50 Å². The molecule has 0 aliphatic rings. The molecule has 0 aromatic carbocycles. The first-order valence-electron chi connectivity index (χ1n) is 4.11. The minimum atomic E-state index is -0.350. The first kappa shape index (κ1) is 8.97. The lowest BCUT2D eigenvalue weighted by Gasteiger charge is -2.03. The molecule has 0 fully saturated rings. The highest BCUT2D eigenvalue weighted by molar-refractivity contribution is 6.18. The van der Waals surface area contributed by atoms with Crippen LogP contribution in [0.5, 0.6) is 0 Å². The fourth-order valence-electron chi connectivity index (χ4n) is 1.20. The molecule has 2 heterocycles. The fourth-order valence-corrected chi connectivity index (χ4v) is 1.43. The molecular weight excluding hydrogens is 200 g/mol. The Morgan fingerprint density at radius 1 is 1.57 bits per heavy atom. The maximum atomic E-state index is 8.81. The van der Waals surface area contributed by atoms with Crippen LogP contribution in [-0.2, 0) is 0 Å². The average molecular weight is 207 g/mol. The lowest BCUT2D eigenvalue weighted by molar-refractivity contribution is 0.879. The van der Waals surface area contributed by atoms with Crippen molar-refractivity contribution in [3.05, 3.63) is 30.2 Å². The molecule has 2 aromatic rings. The largest absolute Gasteiger partial charge is 0.232 e. The van der Waals surface area contributed by atoms with Gasteiger partial charge in [-0.1, -0.05) is 0 Å². The van der Waals surface area contributed by atoms with Crippen molar-refractivity contribution in [1.29, 1.82) is 5.26 Å². The van der Waals surface area contributed by atoms with E-state index in [1.54, 1.807) is 29.0 Å². The SMILES string of the molecule is N#CC(CCl)c1ccn2nccc2n1. The maximum absolute atomic E-state index is 8.81. The van der Waals surface area contributed by atoms with E-state index in [-0.39, 0.29) is 11.8 Å². The van der Waals surface area contributed by atoms with Crippen LogP contribution in [0.25, 0.3) is 5.65 Å². The second kappa shape index (κ2) is 3.64. The first-order valence-corrected chi connectivity index (χ1v) is 4.64. The Labute approximate surface area is 85.7 Å². The van der Waals surface area contributed by atoms with Crippen LogP contribution in [0, 0.1) is 11.3 Å². The quantitative estimate of drug-likeness (QED) is 0.701. The van der Waals surface area contributed by atoms with E-state index in [1.807, 2.05) is 0 Å². The van der Waals surface area contributed by atoms with Crippen molar-refractivity contribution in [1.82, 2.24) is 14.6 Å². The summed E-state index contributed by atoms with van der Waals surface area (Å²) in [5.41, 5.74) is 1.42. The summed E-state index contributed by atoms with van der Waals surface area (Å²) in [7, 11) is 0. The van der Waals surface area contributed by atoms with Gasteiger partial charge in [-0.05, 0) is 6.07 Å². The third kappa shape index (κ3) is 1.42. The van der Waals surface area contributed by atoms with Crippen molar-refractivity contribution < 1.29 is 0 Å². The van der Waals surface area contributed by atoms with Gasteiger partial charge in [-0.15, -0.1) is 11.6 Å². The molecule has 0 saturated heterocycles. The third-order valence-corrected chi connectivity index (χ3v) is 2.26. The van der Waals surface area contributed by atoms with E-state index in [1.165, 1.54) is 0 Å². The molecule has 1 atom stereocenters. The number of hydrogen-bond acceptors (Lipinski definition) is 3. The fraction of sp³-hybridized carbons (Fsp3) is 0.222. The normalized spacial score (nSPS) is 12.6. The third-order valence-electron chi connectivity index (χ3n) is 1.95. The number of halogens is 1. The smallest absolute Gasteiger partial charge is 0.155 e. The summed E-state index contributed by atoms with van der Waals surface area (Å²) in [4.78, 5) is 4.27. The number of nitriles is 1. The molecule has 0 N–H and O–H groups in total. The number of nitrogens with zero attached hydrogens (tertiary/aromatic N) is 4. The molecule has 4 nitrogen and oxygen atoms in total. The van der Waals surface area contributed by atoms with Gasteiger partial charge >= 0.3 is 0 Å². The van der Waals surface area contributed by atoms with E-state index in [4.69, 9.17) is 16.9 Å². The van der Waals surface area contributed by atoms with Crippen LogP contribution < -0.4 is 0 Å². The van der Waals surface area contributed by atoms with Crippen molar-refractivity contribution in [3.63, 3.8) is 0 Å². The zero-order valence-electron chi connectivity index (χ0n) is 7.26. The Morgan fingerprint density at radius 3 is 3.14 bits per heavy atom. The average Bonchev–Trinajstić information content (AvgIpc) is 2.66. The van der Waals surface area contributed by atoms with Crippen LogP contribution in [0.1, 0.15) is 11.6 Å². The van der Waals surface area contributed by atoms with Gasteiger partial charge in [0, 0.05) is 18.1 Å². The molecule has 70 valence electrons. The Morgan fingerprint density at radius 2 is 2.43 bits per heavy atom. The molecule has 2 aromatic heterocycles. The lowest BCUT2D eigenvalue weighted by atomic mass is 10.1. The lowest BCUT2D eigenvalue weighted by Crippen LogP contribution is -2.02. The summed E-state index contributed by atoms with van der Waals surface area (Å²) in [6, 6.07) is 5.64. The van der Waals surface area contributed by atoms with Crippen LogP contribution in [0.3, 0.4) is 0 Å². The van der Waals surface area contributed by atoms with Crippen molar-refractivity contribution in [2.24, 2.45) is 0 Å². The predicted molar refractivity (Wildman–Crippen MR) is 52.1 cm³/mol. The highest BCUT2D eigenvalue weighted by Crippen LogP contribution is 2.14. The van der Waals surface area contributed by atoms with Crippen molar-refractivity contribution in [2.75, 3.05) is 5.88 Å². The zero-order chi connectivity index (χ0) is 9.97. The summed E-state index contributed by atoms with van der Waals surface area (Å²) in [6.07, 6.45) is 3.43. The molecule has 1 unspecified atom stereocenters. The summed E-state index contributed by atoms with van der Waals surface area (Å²) in [5.74, 6) is -0.0927. The van der Waals surface area contributed by atoms with E-state index < -0.39 is 0 Å². The summed E-state index contributed by atoms with van der Waals surface area (Å²) < 4.78 is 1.65. The maximum Gasteiger partial charge on any atom is 0.155 e. The van der Waals surface area contributed by atoms with Gasteiger partial charge in [-0.2, -0.15) is 10.4 Å². The minimum Gasteiger partial charge on any atom is -0.232 e. The molecule has 0 aliphatic carbocycles. The van der Waals surface area contributed by atoms with E-state index in [2.05, 4.69) is 16.2 Å². The molecule has 0 bridgehead atoms. The van der Waals surface area contributed by atoms with Gasteiger partial charge in [-0.3, -0.25) is 0 Å². The van der Waals surface area contributed by atoms with Crippen LogP contribution in [0.15, 0.2) is 24.5 Å². The summed E-state index contributed by atoms with van der Waals surface area (Å²) >= 11 is 5.64. The molecule has 5 heteroatoms. The van der Waals surface area contributed by atoms with Crippen molar-refractivity contribution in [2.45, 2.75) is 5.92 Å². The molecule has 0 amide bonds. The number of fused-ring (bicyclic) bond motifs is 1. The topological polar surface area (TPSA) is 54.0 Å². The van der Waals surface area contributed by atoms with E-state index in [0.717, 1.165) is 5.65 Å². The number of alkyl halides is 1. The Bertz CT molecular complexity index is 485. The van der Waals surface area contributed by atoms with E-state index >= 15 is 0 Å². The number of rotatable bonds is 2. The second-order valence-corrected chi connectivity index (χ2v) is 3.13. The Hall–Kier alpha value is -1.60. The number of aromatic nitrogens is 3. The standard InChI is InChI=1S/C9H7ClN4/c10-5-7(6-11)8-2-4-14-9(13-8)1-3-12-14/h1-4,7H,5H2. The van der Waals surface area contributed by atoms with Crippen LogP contribution >= 0.6 is 11.6 Å². The first-order chi connectivity index (χ1) is 6.85. The molecule has 0 saturated carbocycles. The van der Waals surface area contributed by atoms with Crippen LogP contribution in [0.2, 0.25) is 0 Å². The van der Waals surface area contributed by atoms with Crippen LogP contribution in [0.4, 0.5) is 0 Å². The summed E-state index contributed by atoms with van der Waals surface area (Å²) in [5, 5.41) is 12.8. The van der Waals surface area contributed by atoms with Gasteiger partial charge in [0.25, 0.3) is 0 Å². The zero-order valence-corrected chi connectivity index (χ0v) is 8.02. The number of hydrogen-bond donors (Lipinski definition) is 0. The molecule has 0 radical (unpaired) electrons. The minimum absolute atomic E-state index is 0.258. The molecule has 0 aliphatic heterocycles. The highest BCUT2D eigenvalue weighted by atomic mass is 35.5. The molecule has 14 heavy (non-hydrogen) atoms. The van der Waals surface area contributed by atoms with Crippen molar-refractivity contribution >= 4 is 17.2 Å². The predicted octanol–water partition coefficient (Wildman–Crippen LogP) is 1.58. The van der Waals surface area contributed by atoms with E-state index in [9.17, 15) is 0 Å². The molecule has 2 rings (SSSR count). The van der Waals surface area contributed by atoms with Gasteiger partial charge in [0.05, 0.1) is 18.0 Å². The highest BCUT2D eigenvalue weighted by Gasteiger charge is 2.10. The monoisotopic (exact) mass is 206 g/mol. The van der Waals surface area contributed by atoms with Gasteiger partial charge in [0.15, 0.2) is 5.65 Å². The Balaban J connectivity index is 2.48. The van der Waals surface area contributed by atoms with Gasteiger partial charge < -0.3 is 0 Å². The van der Waals surface area contributed by atoms with Crippen molar-refractivity contribution in [3.8, 4) is 6.07 Å². The molecule has 0 spiro atoms. The van der Waals surface area contributed by atoms with Crippen LogP contribution in [-0.4, -0.2) is 20.5 Å². The van der Waals surface area contributed by atoms with Gasteiger partial charge in [0.2, 0.25) is 0 Å². The summed E-state index contributed by atoms with van der Waals surface area (Å²) in [6.45, 7) is 0. The Kier molecular flexibility index (Phi) is 2.33. The second-order valence-electron chi connectivity index (χ2n) is 2.82. The molecular formula is C9H7ClN4. The van der Waals surface area contributed by atoms with E-state index in [0.29, 0.717) is 5.69 Å². The van der Waals surface area contributed by atoms with Gasteiger partial charge in [0.1, 0.15) is 5.92 Å².